The molecule has 0 unspecified atom stereocenters. The molecule has 3 aromatic heterocycles. The summed E-state index contributed by atoms with van der Waals surface area (Å²) < 4.78 is 3.69. The van der Waals surface area contributed by atoms with Crippen molar-refractivity contribution < 1.29 is 0 Å². The Hall–Kier alpha value is -3.55. The summed E-state index contributed by atoms with van der Waals surface area (Å²) in [6.07, 6.45) is 5.65. The zero-order chi connectivity index (χ0) is 21.8. The molecule has 0 bridgehead atoms. The van der Waals surface area contributed by atoms with Crippen LogP contribution in [-0.4, -0.2) is 34.7 Å². The Morgan fingerprint density at radius 1 is 1.10 bits per heavy atom. The number of nitrogens with one attached hydrogen (secondary N) is 1. The van der Waals surface area contributed by atoms with E-state index in [1.165, 1.54) is 0 Å². The number of nitrogens with zero attached hydrogens (tertiary/aromatic N) is 6. The van der Waals surface area contributed by atoms with Crippen LogP contribution in [0.1, 0.15) is 38.4 Å². The number of benzene rings is 1. The Morgan fingerprint density at radius 2 is 1.90 bits per heavy atom. The van der Waals surface area contributed by atoms with Crippen molar-refractivity contribution in [2.75, 3.05) is 0 Å². The highest BCUT2D eigenvalue weighted by Gasteiger charge is 2.14. The van der Waals surface area contributed by atoms with Gasteiger partial charge in [0.1, 0.15) is 0 Å². The van der Waals surface area contributed by atoms with Gasteiger partial charge in [0, 0.05) is 35.8 Å². The number of tetrazole rings is 1. The average molecular weight is 418 g/mol. The maximum Gasteiger partial charge on any atom is 0.328 e. The molecule has 31 heavy (non-hydrogen) atoms. The predicted molar refractivity (Wildman–Crippen MR) is 119 cm³/mol. The molecule has 160 valence electrons. The second-order valence-corrected chi connectivity index (χ2v) is 8.11. The number of pyridine rings is 1. The molecule has 0 aliphatic rings. The van der Waals surface area contributed by atoms with E-state index >= 15 is 0 Å². The highest BCUT2D eigenvalue weighted by molar-refractivity contribution is 5.78. The first-order valence-electron chi connectivity index (χ1n) is 10.6. The summed E-state index contributed by atoms with van der Waals surface area (Å²) in [7, 11) is 0. The van der Waals surface area contributed by atoms with Crippen molar-refractivity contribution in [3.63, 3.8) is 0 Å². The number of aromatic nitrogens is 7. The Bertz CT molecular complexity index is 1190. The molecule has 0 radical (unpaired) electrons. The fourth-order valence-corrected chi connectivity index (χ4v) is 3.77. The Balaban J connectivity index is 1.63. The molecule has 1 aromatic carbocycles. The molecule has 0 saturated heterocycles. The number of H-pyrrole nitrogens is 1. The smallest absolute Gasteiger partial charge is 0.299 e. The quantitative estimate of drug-likeness (QED) is 0.473. The van der Waals surface area contributed by atoms with Crippen LogP contribution in [0.3, 0.4) is 0 Å². The minimum atomic E-state index is 0.0454. The number of rotatable bonds is 8. The number of imidazole rings is 1. The first kappa shape index (κ1) is 20.7. The van der Waals surface area contributed by atoms with E-state index in [2.05, 4.69) is 46.4 Å². The van der Waals surface area contributed by atoms with Crippen LogP contribution in [0, 0.1) is 5.92 Å². The van der Waals surface area contributed by atoms with Gasteiger partial charge in [-0.05, 0) is 35.6 Å². The highest BCUT2D eigenvalue weighted by atomic mass is 16.1. The molecule has 0 fully saturated rings. The summed E-state index contributed by atoms with van der Waals surface area (Å²) >= 11 is 0. The third-order valence-electron chi connectivity index (χ3n) is 5.16. The lowest BCUT2D eigenvalue weighted by Crippen LogP contribution is -2.25. The van der Waals surface area contributed by atoms with Crippen molar-refractivity contribution >= 4 is 0 Å². The molecule has 4 rings (SSSR count). The molecular weight excluding hydrogens is 390 g/mol. The Kier molecular flexibility index (Phi) is 6.06. The first-order valence-corrected chi connectivity index (χ1v) is 10.6. The van der Waals surface area contributed by atoms with Gasteiger partial charge in [-0.1, -0.05) is 51.1 Å². The number of hydrogen-bond acceptors (Lipinski definition) is 5. The van der Waals surface area contributed by atoms with Gasteiger partial charge in [0.15, 0.2) is 0 Å². The molecule has 0 aliphatic heterocycles. The van der Waals surface area contributed by atoms with Gasteiger partial charge in [0.05, 0.1) is 12.2 Å². The van der Waals surface area contributed by atoms with Crippen LogP contribution >= 0.6 is 0 Å². The van der Waals surface area contributed by atoms with Crippen molar-refractivity contribution in [1.82, 2.24) is 34.7 Å². The van der Waals surface area contributed by atoms with Crippen LogP contribution in [0.2, 0.25) is 0 Å². The minimum Gasteiger partial charge on any atom is -0.299 e. The molecule has 8 nitrogen and oxygen atoms in total. The van der Waals surface area contributed by atoms with E-state index in [1.807, 2.05) is 57.9 Å². The molecule has 1 N–H and O–H groups in total. The lowest BCUT2D eigenvalue weighted by Gasteiger charge is -2.10. The monoisotopic (exact) mass is 417 g/mol. The molecule has 0 saturated carbocycles. The zero-order valence-corrected chi connectivity index (χ0v) is 18.1. The van der Waals surface area contributed by atoms with Crippen LogP contribution in [0.5, 0.6) is 0 Å². The van der Waals surface area contributed by atoms with Crippen molar-refractivity contribution in [3.05, 3.63) is 70.5 Å². The van der Waals surface area contributed by atoms with Crippen molar-refractivity contribution in [2.45, 2.75) is 46.7 Å². The molecule has 8 heteroatoms. The van der Waals surface area contributed by atoms with Gasteiger partial charge in [-0.3, -0.25) is 14.1 Å². The summed E-state index contributed by atoms with van der Waals surface area (Å²) in [5, 5.41) is 14.3. The van der Waals surface area contributed by atoms with E-state index in [9.17, 15) is 4.79 Å². The van der Waals surface area contributed by atoms with Crippen molar-refractivity contribution in [1.29, 1.82) is 0 Å². The SMILES string of the molecule is CCCn1cc(CC(C)C)n(Cc2ccc(-c3ccccc3-c3nn[nH]n3)nc2)c1=O. The average Bonchev–Trinajstić information content (AvgIpc) is 3.39. The topological polar surface area (TPSA) is 94.3 Å². The van der Waals surface area contributed by atoms with Crippen LogP contribution in [0.4, 0.5) is 0 Å². The molecular formula is C23H27N7O. The predicted octanol–water partition coefficient (Wildman–Crippen LogP) is 3.55. The number of aryl methyl sites for hydroxylation is 1. The summed E-state index contributed by atoms with van der Waals surface area (Å²) in [6, 6.07) is 11.8. The maximum atomic E-state index is 12.9. The van der Waals surface area contributed by atoms with Crippen LogP contribution in [-0.2, 0) is 19.5 Å². The lowest BCUT2D eigenvalue weighted by atomic mass is 10.0. The van der Waals surface area contributed by atoms with Crippen molar-refractivity contribution in [2.24, 2.45) is 5.92 Å². The maximum absolute atomic E-state index is 12.9. The Morgan fingerprint density at radius 3 is 2.55 bits per heavy atom. The van der Waals surface area contributed by atoms with Gasteiger partial charge in [-0.2, -0.15) is 5.21 Å². The van der Waals surface area contributed by atoms with Gasteiger partial charge >= 0.3 is 5.69 Å². The fraction of sp³-hybridized carbons (Fsp3) is 0.348. The van der Waals surface area contributed by atoms with E-state index < -0.39 is 0 Å². The van der Waals surface area contributed by atoms with Crippen LogP contribution in [0.25, 0.3) is 22.6 Å². The van der Waals surface area contributed by atoms with Gasteiger partial charge in [0.25, 0.3) is 0 Å². The molecule has 0 amide bonds. The highest BCUT2D eigenvalue weighted by Crippen LogP contribution is 2.28. The molecule has 4 aromatic rings. The molecule has 0 aliphatic carbocycles. The lowest BCUT2D eigenvalue weighted by molar-refractivity contribution is 0.590. The largest absolute Gasteiger partial charge is 0.328 e. The summed E-state index contributed by atoms with van der Waals surface area (Å²) in [5.41, 5.74) is 4.72. The van der Waals surface area contributed by atoms with E-state index in [4.69, 9.17) is 0 Å². The molecule has 0 spiro atoms. The standard InChI is InChI=1S/C23H27N7O/c1-4-11-29-15-18(12-16(2)3)30(23(29)31)14-17-9-10-21(24-13-17)19-7-5-6-8-20(19)22-25-27-28-26-22/h5-10,13,15-16H,4,11-12,14H2,1-3H3,(H,25,26,27,28). The van der Waals surface area contributed by atoms with Gasteiger partial charge in [-0.25, -0.2) is 4.79 Å². The van der Waals surface area contributed by atoms with Crippen molar-refractivity contribution in [3.8, 4) is 22.6 Å². The van der Waals surface area contributed by atoms with Crippen LogP contribution in [0.15, 0.2) is 53.6 Å². The van der Waals surface area contributed by atoms with E-state index in [-0.39, 0.29) is 5.69 Å². The number of hydrogen-bond donors (Lipinski definition) is 1. The second kappa shape index (κ2) is 9.07. The zero-order valence-electron chi connectivity index (χ0n) is 18.1. The van der Waals surface area contributed by atoms with E-state index in [1.54, 1.807) is 0 Å². The summed E-state index contributed by atoms with van der Waals surface area (Å²) in [5.74, 6) is 1.01. The summed E-state index contributed by atoms with van der Waals surface area (Å²) in [6.45, 7) is 7.67. The Labute approximate surface area is 181 Å². The fourth-order valence-electron chi connectivity index (χ4n) is 3.77. The normalized spacial score (nSPS) is 11.4. The molecule has 3 heterocycles. The number of aromatic amines is 1. The van der Waals surface area contributed by atoms with Gasteiger partial charge < -0.3 is 0 Å². The second-order valence-electron chi connectivity index (χ2n) is 8.11. The van der Waals surface area contributed by atoms with E-state index in [0.29, 0.717) is 18.3 Å². The third-order valence-corrected chi connectivity index (χ3v) is 5.16. The van der Waals surface area contributed by atoms with Gasteiger partial charge in [0.2, 0.25) is 5.82 Å². The first-order chi connectivity index (χ1) is 15.1. The molecule has 0 atom stereocenters. The third kappa shape index (κ3) is 4.47. The van der Waals surface area contributed by atoms with E-state index in [0.717, 1.165) is 47.5 Å². The van der Waals surface area contributed by atoms with Gasteiger partial charge in [-0.15, -0.1) is 10.2 Å². The minimum absolute atomic E-state index is 0.0454. The summed E-state index contributed by atoms with van der Waals surface area (Å²) in [4.78, 5) is 17.6. The van der Waals surface area contributed by atoms with Crippen LogP contribution < -0.4 is 5.69 Å².